The van der Waals surface area contributed by atoms with Crippen molar-refractivity contribution >= 4 is 35.3 Å². The summed E-state index contributed by atoms with van der Waals surface area (Å²) in [5, 5.41) is 1.99. The molecule has 0 amide bonds. The zero-order valence-electron chi connectivity index (χ0n) is 8.28. The van der Waals surface area contributed by atoms with Crippen LogP contribution in [-0.4, -0.2) is 24.7 Å². The van der Waals surface area contributed by atoms with E-state index in [1.165, 1.54) is 28.6 Å². The van der Waals surface area contributed by atoms with Gasteiger partial charge in [-0.2, -0.15) is 11.8 Å². The first-order chi connectivity index (χ1) is 7.43. The minimum Gasteiger partial charge on any atom is -0.480 e. The first-order valence-corrected chi connectivity index (χ1v) is 7.87. The summed E-state index contributed by atoms with van der Waals surface area (Å²) < 4.78 is 12.6. The van der Waals surface area contributed by atoms with E-state index >= 15 is 0 Å². The molecule has 3 heterocycles. The molecule has 0 radical (unpaired) electrons. The first-order valence-electron chi connectivity index (χ1n) is 5.09. The van der Waals surface area contributed by atoms with E-state index in [2.05, 4.69) is 11.8 Å². The molecular formula is C10H12O2S3. The van der Waals surface area contributed by atoms with Crippen LogP contribution in [0.5, 0.6) is 0 Å². The highest BCUT2D eigenvalue weighted by molar-refractivity contribution is 8.28. The predicted octanol–water partition coefficient (Wildman–Crippen LogP) is 3.38. The lowest BCUT2D eigenvalue weighted by Crippen LogP contribution is -2.08. The molecule has 0 N–H and O–H groups in total. The van der Waals surface area contributed by atoms with Crippen LogP contribution in [0.1, 0.15) is 12.8 Å². The summed E-state index contributed by atoms with van der Waals surface area (Å²) in [6.45, 7) is 1.40. The quantitative estimate of drug-likeness (QED) is 0.662. The summed E-state index contributed by atoms with van der Waals surface area (Å²) in [5.74, 6) is 2.54. The summed E-state index contributed by atoms with van der Waals surface area (Å²) >= 11 is 5.59. The predicted molar refractivity (Wildman–Crippen MR) is 67.7 cm³/mol. The third kappa shape index (κ3) is 2.15. The lowest BCUT2D eigenvalue weighted by molar-refractivity contribution is 0.0949. The van der Waals surface area contributed by atoms with Gasteiger partial charge in [-0.05, 0) is 53.4 Å². The van der Waals surface area contributed by atoms with Crippen molar-refractivity contribution < 1.29 is 9.47 Å². The maximum Gasteiger partial charge on any atom is 0.208 e. The van der Waals surface area contributed by atoms with E-state index in [1.54, 1.807) is 29.1 Å². The molecule has 0 aromatic rings. The molecule has 0 spiro atoms. The minimum atomic E-state index is 0.699. The van der Waals surface area contributed by atoms with Crippen molar-refractivity contribution in [2.75, 3.05) is 24.7 Å². The molecule has 0 atom stereocenters. The minimum absolute atomic E-state index is 0.699. The van der Waals surface area contributed by atoms with Crippen LogP contribution in [0.2, 0.25) is 0 Å². The molecule has 2 nitrogen and oxygen atoms in total. The highest BCUT2D eigenvalue weighted by atomic mass is 32.2. The Morgan fingerprint density at radius 2 is 1.47 bits per heavy atom. The summed E-state index contributed by atoms with van der Waals surface area (Å²) in [5.41, 5.74) is 1.60. The SMILES string of the molecule is C1COC2=C(O1)SC(=C1CCSCC1)S2. The summed E-state index contributed by atoms with van der Waals surface area (Å²) in [6.07, 6.45) is 2.47. The Hall–Kier alpha value is 0.130. The standard InChI is InChI=1S/C10H12O2S3/c1-5-13-6-2-7(1)10-14-8-9(15-10)12-4-3-11-8/h1-6H2. The van der Waals surface area contributed by atoms with Gasteiger partial charge >= 0.3 is 0 Å². The topological polar surface area (TPSA) is 18.5 Å². The summed E-state index contributed by atoms with van der Waals surface area (Å²) in [7, 11) is 0. The molecule has 5 heteroatoms. The van der Waals surface area contributed by atoms with Crippen LogP contribution in [0, 0.1) is 0 Å². The fraction of sp³-hybridized carbons (Fsp3) is 0.600. The lowest BCUT2D eigenvalue weighted by Gasteiger charge is -2.15. The zero-order valence-corrected chi connectivity index (χ0v) is 10.7. The van der Waals surface area contributed by atoms with Gasteiger partial charge in [-0.15, -0.1) is 0 Å². The molecule has 0 aromatic heterocycles. The molecular weight excluding hydrogens is 248 g/mol. The fourth-order valence-corrected chi connectivity index (χ4v) is 5.14. The van der Waals surface area contributed by atoms with Gasteiger partial charge in [0.1, 0.15) is 13.2 Å². The van der Waals surface area contributed by atoms with Gasteiger partial charge in [-0.1, -0.05) is 0 Å². The van der Waals surface area contributed by atoms with Crippen molar-refractivity contribution in [2.45, 2.75) is 12.8 Å². The molecule has 0 saturated carbocycles. The van der Waals surface area contributed by atoms with Gasteiger partial charge in [0.05, 0.1) is 4.24 Å². The van der Waals surface area contributed by atoms with Crippen molar-refractivity contribution in [2.24, 2.45) is 0 Å². The number of hydrogen-bond donors (Lipinski definition) is 0. The first kappa shape index (κ1) is 10.3. The molecule has 3 aliphatic heterocycles. The molecule has 15 heavy (non-hydrogen) atoms. The maximum absolute atomic E-state index is 5.58. The van der Waals surface area contributed by atoms with Crippen LogP contribution in [0.15, 0.2) is 20.0 Å². The maximum atomic E-state index is 5.58. The van der Waals surface area contributed by atoms with Gasteiger partial charge in [-0.25, -0.2) is 0 Å². The van der Waals surface area contributed by atoms with Crippen molar-refractivity contribution in [3.8, 4) is 0 Å². The van der Waals surface area contributed by atoms with E-state index in [-0.39, 0.29) is 0 Å². The average Bonchev–Trinajstić information content (AvgIpc) is 2.74. The van der Waals surface area contributed by atoms with E-state index in [0.717, 1.165) is 10.2 Å². The van der Waals surface area contributed by atoms with E-state index in [1.807, 2.05) is 0 Å². The number of ether oxygens (including phenoxy) is 2. The zero-order chi connectivity index (χ0) is 10.1. The number of rotatable bonds is 0. The van der Waals surface area contributed by atoms with Gasteiger partial charge in [0.15, 0.2) is 0 Å². The Balaban J connectivity index is 1.76. The molecule has 0 bridgehead atoms. The number of thioether (sulfide) groups is 3. The summed E-state index contributed by atoms with van der Waals surface area (Å²) in [6, 6.07) is 0. The lowest BCUT2D eigenvalue weighted by atomic mass is 10.2. The molecule has 82 valence electrons. The Bertz CT molecular complexity index is 308. The molecule has 0 unspecified atom stereocenters. The molecule has 1 saturated heterocycles. The van der Waals surface area contributed by atoms with Crippen LogP contribution < -0.4 is 0 Å². The van der Waals surface area contributed by atoms with Crippen LogP contribution >= 0.6 is 35.3 Å². The number of hydrogen-bond acceptors (Lipinski definition) is 5. The largest absolute Gasteiger partial charge is 0.480 e. The smallest absolute Gasteiger partial charge is 0.208 e. The molecule has 0 aromatic carbocycles. The fourth-order valence-electron chi connectivity index (χ4n) is 1.68. The van der Waals surface area contributed by atoms with E-state index < -0.39 is 0 Å². The van der Waals surface area contributed by atoms with Crippen LogP contribution in [0.25, 0.3) is 0 Å². The second-order valence-electron chi connectivity index (χ2n) is 3.48. The summed E-state index contributed by atoms with van der Waals surface area (Å²) in [4.78, 5) is 0. The number of allylic oxidation sites excluding steroid dienone is 1. The van der Waals surface area contributed by atoms with E-state index in [9.17, 15) is 0 Å². The molecule has 0 aliphatic carbocycles. The van der Waals surface area contributed by atoms with Crippen LogP contribution in [0.4, 0.5) is 0 Å². The van der Waals surface area contributed by atoms with Crippen LogP contribution in [0.3, 0.4) is 0 Å². The van der Waals surface area contributed by atoms with Crippen molar-refractivity contribution in [3.05, 3.63) is 20.0 Å². The Morgan fingerprint density at radius 1 is 0.867 bits per heavy atom. The third-order valence-corrected chi connectivity index (χ3v) is 6.01. The van der Waals surface area contributed by atoms with Crippen molar-refractivity contribution in [1.82, 2.24) is 0 Å². The van der Waals surface area contributed by atoms with Gasteiger partial charge < -0.3 is 9.47 Å². The Morgan fingerprint density at radius 3 is 2.07 bits per heavy atom. The van der Waals surface area contributed by atoms with Crippen molar-refractivity contribution in [3.63, 3.8) is 0 Å². The Labute approximate surface area is 102 Å². The van der Waals surface area contributed by atoms with Crippen molar-refractivity contribution in [1.29, 1.82) is 0 Å². The van der Waals surface area contributed by atoms with Gasteiger partial charge in [-0.3, -0.25) is 0 Å². The van der Waals surface area contributed by atoms with Gasteiger partial charge in [0, 0.05) is 0 Å². The van der Waals surface area contributed by atoms with Crippen LogP contribution in [-0.2, 0) is 9.47 Å². The second kappa shape index (κ2) is 4.55. The van der Waals surface area contributed by atoms with E-state index in [0.29, 0.717) is 13.2 Å². The average molecular weight is 260 g/mol. The second-order valence-corrected chi connectivity index (χ2v) is 6.93. The third-order valence-electron chi connectivity index (χ3n) is 2.47. The Kier molecular flexibility index (Phi) is 3.12. The monoisotopic (exact) mass is 260 g/mol. The molecule has 3 rings (SSSR count). The van der Waals surface area contributed by atoms with Gasteiger partial charge in [0.2, 0.25) is 10.2 Å². The van der Waals surface area contributed by atoms with E-state index in [4.69, 9.17) is 9.47 Å². The molecule has 1 fully saturated rings. The van der Waals surface area contributed by atoms with Gasteiger partial charge in [0.25, 0.3) is 0 Å². The highest BCUT2D eigenvalue weighted by Crippen LogP contribution is 2.53. The molecule has 3 aliphatic rings. The normalized spacial score (nSPS) is 26.1. The highest BCUT2D eigenvalue weighted by Gasteiger charge is 2.29.